The Morgan fingerprint density at radius 3 is 2.61 bits per heavy atom. The molecule has 0 amide bonds. The first-order valence-electron chi connectivity index (χ1n) is 5.13. The molecular weight excluding hydrogens is 255 g/mol. The Bertz CT molecular complexity index is 601. The molecule has 2 rings (SSSR count). The van der Waals surface area contributed by atoms with Crippen molar-refractivity contribution in [3.8, 4) is 11.5 Å². The maximum absolute atomic E-state index is 13.7. The van der Waals surface area contributed by atoms with Gasteiger partial charge in [0.05, 0.1) is 0 Å². The maximum Gasteiger partial charge on any atom is 0.166 e. The van der Waals surface area contributed by atoms with Crippen molar-refractivity contribution in [3.05, 3.63) is 58.9 Å². The lowest BCUT2D eigenvalue weighted by atomic mass is 10.2. The zero-order chi connectivity index (χ0) is 13.1. The third-order valence-electron chi connectivity index (χ3n) is 2.27. The minimum Gasteiger partial charge on any atom is -0.454 e. The lowest BCUT2D eigenvalue weighted by molar-refractivity contribution is 0.442. The molecule has 5 heteroatoms. The van der Waals surface area contributed by atoms with Gasteiger partial charge in [-0.2, -0.15) is 0 Å². The molecule has 3 N–H and O–H groups in total. The van der Waals surface area contributed by atoms with Gasteiger partial charge in [0.1, 0.15) is 11.6 Å². The van der Waals surface area contributed by atoms with Gasteiger partial charge in [-0.15, -0.1) is 0 Å². The summed E-state index contributed by atoms with van der Waals surface area (Å²) in [5.74, 6) is -0.273. The van der Waals surface area contributed by atoms with Gasteiger partial charge in [-0.3, -0.25) is 5.41 Å². The number of benzene rings is 2. The quantitative estimate of drug-likeness (QED) is 0.658. The van der Waals surface area contributed by atoms with Crippen LogP contribution in [0.2, 0.25) is 5.02 Å². The molecule has 0 unspecified atom stereocenters. The van der Waals surface area contributed by atoms with Crippen LogP contribution >= 0.6 is 11.6 Å². The second-order valence-electron chi connectivity index (χ2n) is 3.62. The Hall–Kier alpha value is -2.07. The Balaban J connectivity index is 2.27. The molecule has 0 fully saturated rings. The first-order valence-corrected chi connectivity index (χ1v) is 5.51. The summed E-state index contributed by atoms with van der Waals surface area (Å²) in [6, 6.07) is 10.8. The van der Waals surface area contributed by atoms with Crippen LogP contribution in [-0.2, 0) is 0 Å². The van der Waals surface area contributed by atoms with Crippen molar-refractivity contribution in [1.29, 1.82) is 5.41 Å². The summed E-state index contributed by atoms with van der Waals surface area (Å²) in [4.78, 5) is 0. The number of nitrogens with two attached hydrogens (primary N) is 1. The van der Waals surface area contributed by atoms with Gasteiger partial charge < -0.3 is 10.5 Å². The summed E-state index contributed by atoms with van der Waals surface area (Å²) in [6.45, 7) is 0. The Kier molecular flexibility index (Phi) is 3.48. The Morgan fingerprint density at radius 2 is 2.00 bits per heavy atom. The van der Waals surface area contributed by atoms with Crippen molar-refractivity contribution in [1.82, 2.24) is 0 Å². The number of hydrogen-bond acceptors (Lipinski definition) is 2. The Morgan fingerprint density at radius 1 is 1.22 bits per heavy atom. The topological polar surface area (TPSA) is 59.1 Å². The third-order valence-corrected chi connectivity index (χ3v) is 2.50. The second kappa shape index (κ2) is 5.06. The van der Waals surface area contributed by atoms with Gasteiger partial charge >= 0.3 is 0 Å². The van der Waals surface area contributed by atoms with Crippen LogP contribution in [0.1, 0.15) is 5.56 Å². The molecule has 0 aliphatic rings. The van der Waals surface area contributed by atoms with Crippen molar-refractivity contribution >= 4 is 17.4 Å². The summed E-state index contributed by atoms with van der Waals surface area (Å²) in [5.41, 5.74) is 5.57. The van der Waals surface area contributed by atoms with E-state index in [1.165, 1.54) is 12.1 Å². The number of ether oxygens (including phenoxy) is 1. The molecule has 0 spiro atoms. The van der Waals surface area contributed by atoms with Gasteiger partial charge in [0, 0.05) is 10.6 Å². The monoisotopic (exact) mass is 264 g/mol. The highest BCUT2D eigenvalue weighted by atomic mass is 35.5. The van der Waals surface area contributed by atoms with E-state index in [0.29, 0.717) is 16.3 Å². The summed E-state index contributed by atoms with van der Waals surface area (Å²) in [6.07, 6.45) is 0. The fraction of sp³-hybridized carbons (Fsp3) is 0. The maximum atomic E-state index is 13.7. The summed E-state index contributed by atoms with van der Waals surface area (Å²) in [7, 11) is 0. The molecule has 0 bridgehead atoms. The van der Waals surface area contributed by atoms with Gasteiger partial charge in [0.2, 0.25) is 0 Å². The molecule has 92 valence electrons. The smallest absolute Gasteiger partial charge is 0.166 e. The van der Waals surface area contributed by atoms with Crippen molar-refractivity contribution < 1.29 is 9.13 Å². The lowest BCUT2D eigenvalue weighted by Gasteiger charge is -2.08. The SMILES string of the molecule is N=C(N)c1ccc(Oc2cccc(Cl)c2)c(F)c1. The normalized spacial score (nSPS) is 10.1. The van der Waals surface area contributed by atoms with E-state index in [4.69, 9.17) is 27.5 Å². The first-order chi connectivity index (χ1) is 8.56. The zero-order valence-corrected chi connectivity index (χ0v) is 10.0. The van der Waals surface area contributed by atoms with Crippen LogP contribution in [0.3, 0.4) is 0 Å². The standard InChI is InChI=1S/C13H10ClFN2O/c14-9-2-1-3-10(7-9)18-12-5-4-8(13(16)17)6-11(12)15/h1-7H,(H3,16,17). The molecule has 0 heterocycles. The predicted octanol–water partition coefficient (Wildman–Crippen LogP) is 3.56. The average Bonchev–Trinajstić information content (AvgIpc) is 2.31. The van der Waals surface area contributed by atoms with Crippen LogP contribution < -0.4 is 10.5 Å². The van der Waals surface area contributed by atoms with E-state index in [1.54, 1.807) is 24.3 Å². The molecule has 0 radical (unpaired) electrons. The van der Waals surface area contributed by atoms with E-state index >= 15 is 0 Å². The number of nitrogens with one attached hydrogen (secondary N) is 1. The van der Waals surface area contributed by atoms with E-state index in [-0.39, 0.29) is 11.6 Å². The second-order valence-corrected chi connectivity index (χ2v) is 4.05. The van der Waals surface area contributed by atoms with Crippen LogP contribution in [0, 0.1) is 11.2 Å². The number of amidine groups is 1. The van der Waals surface area contributed by atoms with Gasteiger partial charge in [-0.05, 0) is 36.4 Å². The molecule has 18 heavy (non-hydrogen) atoms. The Labute approximate surface area is 108 Å². The van der Waals surface area contributed by atoms with Crippen LogP contribution in [-0.4, -0.2) is 5.84 Å². The van der Waals surface area contributed by atoms with Crippen LogP contribution in [0.25, 0.3) is 0 Å². The van der Waals surface area contributed by atoms with E-state index < -0.39 is 5.82 Å². The summed E-state index contributed by atoms with van der Waals surface area (Å²) in [5, 5.41) is 7.71. The minimum atomic E-state index is -0.581. The van der Waals surface area contributed by atoms with Crippen LogP contribution in [0.4, 0.5) is 4.39 Å². The van der Waals surface area contributed by atoms with E-state index in [2.05, 4.69) is 0 Å². The van der Waals surface area contributed by atoms with Gasteiger partial charge in [-0.25, -0.2) is 4.39 Å². The minimum absolute atomic E-state index is 0.0577. The molecule has 0 atom stereocenters. The van der Waals surface area contributed by atoms with Crippen molar-refractivity contribution in [2.75, 3.05) is 0 Å². The predicted molar refractivity (Wildman–Crippen MR) is 68.9 cm³/mol. The average molecular weight is 265 g/mol. The molecule has 2 aromatic rings. The number of halogens is 2. The van der Waals surface area contributed by atoms with Gasteiger partial charge in [-0.1, -0.05) is 17.7 Å². The number of nitrogen functional groups attached to an aromatic ring is 1. The molecule has 0 aliphatic carbocycles. The van der Waals surface area contributed by atoms with Crippen molar-refractivity contribution in [3.63, 3.8) is 0 Å². The number of hydrogen-bond donors (Lipinski definition) is 2. The van der Waals surface area contributed by atoms with Crippen LogP contribution in [0.15, 0.2) is 42.5 Å². The molecule has 0 saturated carbocycles. The fourth-order valence-corrected chi connectivity index (χ4v) is 1.59. The zero-order valence-electron chi connectivity index (χ0n) is 9.28. The third kappa shape index (κ3) is 2.78. The van der Waals surface area contributed by atoms with E-state index in [0.717, 1.165) is 6.07 Å². The van der Waals surface area contributed by atoms with E-state index in [9.17, 15) is 4.39 Å². The number of rotatable bonds is 3. The molecule has 3 nitrogen and oxygen atoms in total. The van der Waals surface area contributed by atoms with Crippen molar-refractivity contribution in [2.45, 2.75) is 0 Å². The highest BCUT2D eigenvalue weighted by molar-refractivity contribution is 6.30. The molecule has 0 saturated heterocycles. The van der Waals surface area contributed by atoms with E-state index in [1.807, 2.05) is 0 Å². The highest BCUT2D eigenvalue weighted by Gasteiger charge is 2.07. The lowest BCUT2D eigenvalue weighted by Crippen LogP contribution is -2.11. The molecule has 0 aromatic heterocycles. The first kappa shape index (κ1) is 12.4. The fourth-order valence-electron chi connectivity index (χ4n) is 1.41. The summed E-state index contributed by atoms with van der Waals surface area (Å²) >= 11 is 5.80. The van der Waals surface area contributed by atoms with Crippen molar-refractivity contribution in [2.24, 2.45) is 5.73 Å². The molecule has 0 aliphatic heterocycles. The largest absolute Gasteiger partial charge is 0.454 e. The highest BCUT2D eigenvalue weighted by Crippen LogP contribution is 2.26. The summed E-state index contributed by atoms with van der Waals surface area (Å²) < 4.78 is 19.0. The molecular formula is C13H10ClFN2O. The van der Waals surface area contributed by atoms with Gasteiger partial charge in [0.25, 0.3) is 0 Å². The van der Waals surface area contributed by atoms with Crippen LogP contribution in [0.5, 0.6) is 11.5 Å². The van der Waals surface area contributed by atoms with Gasteiger partial charge in [0.15, 0.2) is 11.6 Å². The molecule has 2 aromatic carbocycles.